The lowest BCUT2D eigenvalue weighted by atomic mass is 10.1. The Morgan fingerprint density at radius 1 is 1.67 bits per heavy atom. The van der Waals surface area contributed by atoms with Crippen molar-refractivity contribution in [1.29, 1.82) is 0 Å². The Morgan fingerprint density at radius 2 is 2.22 bits per heavy atom. The van der Waals surface area contributed by atoms with Crippen LogP contribution in [-0.4, -0.2) is 5.71 Å². The number of thiol groups is 1. The van der Waals surface area contributed by atoms with Gasteiger partial charge in [0.25, 0.3) is 0 Å². The van der Waals surface area contributed by atoms with E-state index in [1.54, 1.807) is 0 Å². The van der Waals surface area contributed by atoms with Gasteiger partial charge >= 0.3 is 0 Å². The van der Waals surface area contributed by atoms with Crippen molar-refractivity contribution in [3.05, 3.63) is 10.2 Å². The Kier molecular flexibility index (Phi) is 5.58. The maximum absolute atomic E-state index is 3.82. The molecule has 0 aromatic rings. The molecule has 9 heavy (non-hydrogen) atoms. The van der Waals surface area contributed by atoms with Gasteiger partial charge in [-0.15, -0.1) is 0 Å². The van der Waals surface area contributed by atoms with Gasteiger partial charge in [-0.1, -0.05) is 36.4 Å². The first kappa shape index (κ1) is 9.49. The van der Waals surface area contributed by atoms with Crippen LogP contribution in [0.25, 0.3) is 0 Å². The van der Waals surface area contributed by atoms with Crippen molar-refractivity contribution in [2.24, 2.45) is 10.3 Å². The number of allylic oxidation sites excluding steroid dienone is 1. The van der Waals surface area contributed by atoms with Crippen molar-refractivity contribution in [3.63, 3.8) is 0 Å². The molecule has 0 amide bonds. The van der Waals surface area contributed by atoms with E-state index in [4.69, 9.17) is 0 Å². The Morgan fingerprint density at radius 3 is 2.33 bits per heavy atom. The van der Waals surface area contributed by atoms with E-state index in [1.165, 1.54) is 0 Å². The van der Waals surface area contributed by atoms with Crippen LogP contribution in [0, 0.1) is 5.92 Å². The fourth-order valence-electron chi connectivity index (χ4n) is 0.406. The minimum absolute atomic E-state index is 0.466. The lowest BCUT2D eigenvalue weighted by Crippen LogP contribution is -2.01. The quantitative estimate of drug-likeness (QED) is 0.442. The van der Waals surface area contributed by atoms with Gasteiger partial charge in [-0.05, 0) is 28.9 Å². The summed E-state index contributed by atoms with van der Waals surface area (Å²) in [6, 6.07) is 0. The number of hydrogen-bond donors (Lipinski definition) is 1. The topological polar surface area (TPSA) is 12.4 Å². The molecule has 0 aliphatic heterocycles. The molecular weight excluding hydrogens is 245 g/mol. The highest BCUT2D eigenvalue weighted by molar-refractivity contribution is 14.1. The van der Waals surface area contributed by atoms with Crippen molar-refractivity contribution in [2.75, 3.05) is 0 Å². The Balaban J connectivity index is 4.01. The monoisotopic (exact) mass is 255 g/mol. The Labute approximate surface area is 75.3 Å². The van der Waals surface area contributed by atoms with Gasteiger partial charge < -0.3 is 0 Å². The second-order valence-corrected chi connectivity index (χ2v) is 2.89. The predicted octanol–water partition coefficient (Wildman–Crippen LogP) is 2.88. The van der Waals surface area contributed by atoms with Crippen LogP contribution in [0.4, 0.5) is 0 Å². The summed E-state index contributed by atoms with van der Waals surface area (Å²) < 4.78 is 5.73. The molecular formula is C6H10INS. The second-order valence-electron chi connectivity index (χ2n) is 1.97. The summed E-state index contributed by atoms with van der Waals surface area (Å²) >= 11 is 5.99. The highest BCUT2D eigenvalue weighted by Gasteiger charge is 1.97. The number of nitrogens with zero attached hydrogens (tertiary/aromatic N) is 1. The van der Waals surface area contributed by atoms with Crippen LogP contribution in [0.15, 0.2) is 14.6 Å². The minimum atomic E-state index is 0.466. The molecule has 0 rings (SSSR count). The molecule has 52 valence electrons. The SMILES string of the molecule is CC(C)C(/C=C\I)=N/S. The zero-order chi connectivity index (χ0) is 7.28. The van der Waals surface area contributed by atoms with E-state index in [2.05, 4.69) is 53.7 Å². The molecule has 0 unspecified atom stereocenters. The standard InChI is InChI=1S/C6H10INS/c1-5(2)6(8-9)3-4-7/h3-5,9H,1-2H3/b4-3-,8-6+. The van der Waals surface area contributed by atoms with E-state index in [0.29, 0.717) is 5.92 Å². The summed E-state index contributed by atoms with van der Waals surface area (Å²) in [6.45, 7) is 4.18. The summed E-state index contributed by atoms with van der Waals surface area (Å²) in [5.41, 5.74) is 1.02. The van der Waals surface area contributed by atoms with Gasteiger partial charge in [0.05, 0.1) is 5.71 Å². The van der Waals surface area contributed by atoms with E-state index in [9.17, 15) is 0 Å². The molecule has 0 saturated carbocycles. The Hall–Kier alpha value is 0.490. The van der Waals surface area contributed by atoms with Crippen LogP contribution < -0.4 is 0 Å². The molecule has 0 N–H and O–H groups in total. The minimum Gasteiger partial charge on any atom is -0.224 e. The number of rotatable bonds is 2. The normalized spacial score (nSPS) is 13.7. The molecule has 0 radical (unpaired) electrons. The van der Waals surface area contributed by atoms with Gasteiger partial charge in [-0.3, -0.25) is 0 Å². The third-order valence-corrected chi connectivity index (χ3v) is 1.53. The van der Waals surface area contributed by atoms with Gasteiger partial charge in [0.2, 0.25) is 0 Å². The average molecular weight is 255 g/mol. The van der Waals surface area contributed by atoms with Crippen molar-refractivity contribution in [3.8, 4) is 0 Å². The third-order valence-electron chi connectivity index (χ3n) is 0.941. The molecule has 0 fully saturated rings. The maximum Gasteiger partial charge on any atom is 0.0513 e. The van der Waals surface area contributed by atoms with Gasteiger partial charge in [0.15, 0.2) is 0 Å². The first-order valence-corrected chi connectivity index (χ1v) is 4.35. The Bertz CT molecular complexity index is 129. The van der Waals surface area contributed by atoms with E-state index < -0.39 is 0 Å². The van der Waals surface area contributed by atoms with Crippen LogP contribution >= 0.6 is 35.4 Å². The lowest BCUT2D eigenvalue weighted by molar-refractivity contribution is 0.893. The van der Waals surface area contributed by atoms with Crippen LogP contribution in [0.1, 0.15) is 13.8 Å². The van der Waals surface area contributed by atoms with Crippen molar-refractivity contribution >= 4 is 41.1 Å². The summed E-state index contributed by atoms with van der Waals surface area (Å²) in [4.78, 5) is 0. The van der Waals surface area contributed by atoms with Crippen LogP contribution in [0.2, 0.25) is 0 Å². The first-order chi connectivity index (χ1) is 4.22. The summed E-state index contributed by atoms with van der Waals surface area (Å²) in [5.74, 6) is 0.466. The van der Waals surface area contributed by atoms with Crippen molar-refractivity contribution < 1.29 is 0 Å². The van der Waals surface area contributed by atoms with E-state index >= 15 is 0 Å². The molecule has 0 bridgehead atoms. The lowest BCUT2D eigenvalue weighted by Gasteiger charge is -2.00. The maximum atomic E-state index is 3.82. The number of halogens is 1. The molecule has 0 heterocycles. The van der Waals surface area contributed by atoms with Crippen LogP contribution in [0.3, 0.4) is 0 Å². The summed E-state index contributed by atoms with van der Waals surface area (Å²) in [7, 11) is 0. The van der Waals surface area contributed by atoms with Crippen molar-refractivity contribution in [1.82, 2.24) is 0 Å². The molecule has 0 aromatic heterocycles. The first-order valence-electron chi connectivity index (χ1n) is 2.71. The van der Waals surface area contributed by atoms with Gasteiger partial charge in [-0.25, -0.2) is 4.40 Å². The fourth-order valence-corrected chi connectivity index (χ4v) is 1.07. The largest absolute Gasteiger partial charge is 0.224 e. The highest BCUT2D eigenvalue weighted by Crippen LogP contribution is 2.01. The molecule has 0 saturated heterocycles. The third kappa shape index (κ3) is 3.97. The average Bonchev–Trinajstić information content (AvgIpc) is 1.82. The molecule has 0 aliphatic rings. The van der Waals surface area contributed by atoms with Crippen molar-refractivity contribution in [2.45, 2.75) is 13.8 Å². The van der Waals surface area contributed by atoms with Crippen LogP contribution in [-0.2, 0) is 0 Å². The molecule has 0 spiro atoms. The van der Waals surface area contributed by atoms with E-state index in [1.807, 2.05) is 10.2 Å². The molecule has 3 heteroatoms. The van der Waals surface area contributed by atoms with E-state index in [-0.39, 0.29) is 0 Å². The highest BCUT2D eigenvalue weighted by atomic mass is 127. The predicted molar refractivity (Wildman–Crippen MR) is 54.4 cm³/mol. The fraction of sp³-hybridized carbons (Fsp3) is 0.500. The molecule has 0 aromatic carbocycles. The van der Waals surface area contributed by atoms with Gasteiger partial charge in [-0.2, -0.15) is 0 Å². The zero-order valence-corrected chi connectivity index (χ0v) is 8.56. The van der Waals surface area contributed by atoms with Crippen LogP contribution in [0.5, 0.6) is 0 Å². The zero-order valence-electron chi connectivity index (χ0n) is 5.50. The molecule has 0 atom stereocenters. The van der Waals surface area contributed by atoms with Gasteiger partial charge in [0, 0.05) is 0 Å². The summed E-state index contributed by atoms with van der Waals surface area (Å²) in [6.07, 6.45) is 1.96. The van der Waals surface area contributed by atoms with Gasteiger partial charge in [0.1, 0.15) is 0 Å². The molecule has 0 aliphatic carbocycles. The molecule has 1 nitrogen and oxygen atoms in total. The van der Waals surface area contributed by atoms with E-state index in [0.717, 1.165) is 5.71 Å². The smallest absolute Gasteiger partial charge is 0.0513 e. The second kappa shape index (κ2) is 5.29. The summed E-state index contributed by atoms with van der Waals surface area (Å²) in [5, 5.41) is 0. The number of hydrogen-bond acceptors (Lipinski definition) is 2.